The molecule has 1 unspecified atom stereocenters. The highest BCUT2D eigenvalue weighted by atomic mass is 16.7. The Morgan fingerprint density at radius 1 is 1.05 bits per heavy atom. The second-order valence-corrected chi connectivity index (χ2v) is 8.83. The molecule has 1 fully saturated rings. The molecule has 9 heteroatoms. The number of ether oxygens (including phenoxy) is 2. The Labute approximate surface area is 212 Å². The predicted molar refractivity (Wildman–Crippen MR) is 131 cm³/mol. The first-order chi connectivity index (χ1) is 17.9. The van der Waals surface area contributed by atoms with Crippen LogP contribution in [0.4, 0.5) is 0 Å². The zero-order valence-electron chi connectivity index (χ0n) is 19.9. The van der Waals surface area contributed by atoms with Gasteiger partial charge in [0.15, 0.2) is 0 Å². The smallest absolute Gasteiger partial charge is 0.333 e. The van der Waals surface area contributed by atoms with Crippen LogP contribution in [0.1, 0.15) is 43.2 Å². The number of rotatable bonds is 8. The van der Waals surface area contributed by atoms with Gasteiger partial charge >= 0.3 is 5.97 Å². The Kier molecular flexibility index (Phi) is 6.78. The van der Waals surface area contributed by atoms with Crippen molar-refractivity contribution >= 4 is 23.4 Å². The number of aliphatic hydroxyl groups excluding tert-OH is 1. The van der Waals surface area contributed by atoms with Crippen LogP contribution in [0, 0.1) is 0 Å². The molecular formula is C28H25NO8. The summed E-state index contributed by atoms with van der Waals surface area (Å²) in [5.41, 5.74) is 3.49. The summed E-state index contributed by atoms with van der Waals surface area (Å²) in [6.07, 6.45) is 5.67. The summed E-state index contributed by atoms with van der Waals surface area (Å²) in [6, 6.07) is 12.5. The van der Waals surface area contributed by atoms with Crippen molar-refractivity contribution in [2.45, 2.75) is 38.2 Å². The second kappa shape index (κ2) is 10.3. The number of hydroxylamine groups is 2. The molecule has 9 nitrogen and oxygen atoms in total. The lowest BCUT2D eigenvalue weighted by atomic mass is 9.87. The number of aromatic hydroxyl groups is 1. The zero-order chi connectivity index (χ0) is 25.9. The van der Waals surface area contributed by atoms with Crippen LogP contribution in [0.15, 0.2) is 72.0 Å². The van der Waals surface area contributed by atoms with Crippen LogP contribution in [0.2, 0.25) is 0 Å². The van der Waals surface area contributed by atoms with Gasteiger partial charge in [0.2, 0.25) is 0 Å². The van der Waals surface area contributed by atoms with E-state index >= 15 is 0 Å². The van der Waals surface area contributed by atoms with Gasteiger partial charge in [-0.2, -0.15) is 0 Å². The first-order valence-electron chi connectivity index (χ1n) is 12.0. The average molecular weight is 504 g/mol. The minimum absolute atomic E-state index is 0.0684. The van der Waals surface area contributed by atoms with Gasteiger partial charge in [-0.05, 0) is 48.7 Å². The van der Waals surface area contributed by atoms with E-state index in [1.165, 1.54) is 0 Å². The van der Waals surface area contributed by atoms with Gasteiger partial charge < -0.3 is 24.5 Å². The van der Waals surface area contributed by atoms with Crippen molar-refractivity contribution in [3.63, 3.8) is 0 Å². The standard InChI is InChI=1S/C28H25NO8/c30-18-6-10-21-23(15-18)36-24-16-19(31)7-11-22(24)28(21)17-4-8-20(9-5-17)35-14-2-1-3-27(34)37-29-25(32)12-13-26(29)33/h4-11,15-16,18,30-31H,1-3,12-14H2. The topological polar surface area (TPSA) is 123 Å². The van der Waals surface area contributed by atoms with Gasteiger partial charge in [-0.1, -0.05) is 24.3 Å². The van der Waals surface area contributed by atoms with Gasteiger partial charge in [0.25, 0.3) is 11.8 Å². The summed E-state index contributed by atoms with van der Waals surface area (Å²) >= 11 is 0. The van der Waals surface area contributed by atoms with Crippen LogP contribution in [0.25, 0.3) is 5.57 Å². The van der Waals surface area contributed by atoms with E-state index in [1.807, 2.05) is 30.3 Å². The maximum absolute atomic E-state index is 11.9. The summed E-state index contributed by atoms with van der Waals surface area (Å²) in [5.74, 6) is 0.176. The molecule has 2 N–H and O–H groups in total. The Morgan fingerprint density at radius 2 is 1.81 bits per heavy atom. The normalized spacial score (nSPS) is 18.2. The molecule has 2 heterocycles. The third-order valence-electron chi connectivity index (χ3n) is 6.16. The van der Waals surface area contributed by atoms with Crippen molar-refractivity contribution in [1.82, 2.24) is 5.06 Å². The number of allylic oxidation sites excluding steroid dienone is 1. The number of hydrogen-bond donors (Lipinski definition) is 2. The molecule has 2 aromatic carbocycles. The molecule has 0 aromatic heterocycles. The number of nitrogens with zero attached hydrogens (tertiary/aromatic N) is 1. The lowest BCUT2D eigenvalue weighted by Gasteiger charge is -2.27. The third kappa shape index (κ3) is 5.26. The van der Waals surface area contributed by atoms with Crippen LogP contribution in [0.3, 0.4) is 0 Å². The quantitative estimate of drug-likeness (QED) is 0.414. The number of phenolic OH excluding ortho intramolecular Hbond substituents is 1. The SMILES string of the molecule is O=C(CCCCOc1ccc(C2=C3C=CC(O)C=C3Oc3cc(O)ccc32)cc1)ON1C(=O)CCC1=O. The molecule has 0 spiro atoms. The van der Waals surface area contributed by atoms with Gasteiger partial charge in [-0.15, -0.1) is 5.06 Å². The van der Waals surface area contributed by atoms with Crippen molar-refractivity contribution in [3.8, 4) is 17.2 Å². The maximum Gasteiger partial charge on any atom is 0.333 e. The van der Waals surface area contributed by atoms with Crippen molar-refractivity contribution < 1.29 is 38.9 Å². The fourth-order valence-corrected chi connectivity index (χ4v) is 4.33. The minimum Gasteiger partial charge on any atom is -0.508 e. The van der Waals surface area contributed by atoms with E-state index in [-0.39, 0.29) is 25.0 Å². The molecule has 0 bridgehead atoms. The Hall–Kier alpha value is -4.37. The van der Waals surface area contributed by atoms with Crippen LogP contribution in [-0.2, 0) is 19.2 Å². The highest BCUT2D eigenvalue weighted by Gasteiger charge is 2.32. The third-order valence-corrected chi connectivity index (χ3v) is 6.16. The molecule has 1 aliphatic carbocycles. The number of benzene rings is 2. The maximum atomic E-state index is 11.9. The fraction of sp³-hybridized carbons (Fsp3) is 0.250. The largest absolute Gasteiger partial charge is 0.508 e. The van der Waals surface area contributed by atoms with E-state index in [9.17, 15) is 24.6 Å². The van der Waals surface area contributed by atoms with E-state index in [1.54, 1.807) is 30.4 Å². The number of carbonyl (C=O) groups excluding carboxylic acids is 3. The lowest BCUT2D eigenvalue weighted by Crippen LogP contribution is -2.31. The van der Waals surface area contributed by atoms with E-state index in [0.717, 1.165) is 22.3 Å². The number of fused-ring (bicyclic) bond motifs is 2. The minimum atomic E-state index is -0.748. The molecule has 1 saturated heterocycles. The average Bonchev–Trinajstić information content (AvgIpc) is 3.19. The number of hydrogen-bond acceptors (Lipinski definition) is 8. The molecular weight excluding hydrogens is 478 g/mol. The summed E-state index contributed by atoms with van der Waals surface area (Å²) in [5, 5.41) is 20.5. The van der Waals surface area contributed by atoms with E-state index in [0.29, 0.717) is 41.8 Å². The Balaban J connectivity index is 1.19. The predicted octanol–water partition coefficient (Wildman–Crippen LogP) is 3.56. The second-order valence-electron chi connectivity index (χ2n) is 8.83. The fourth-order valence-electron chi connectivity index (χ4n) is 4.33. The van der Waals surface area contributed by atoms with Crippen molar-refractivity contribution in [1.29, 1.82) is 0 Å². The first-order valence-corrected chi connectivity index (χ1v) is 12.0. The molecule has 2 aromatic rings. The van der Waals surface area contributed by atoms with Crippen LogP contribution < -0.4 is 9.47 Å². The highest BCUT2D eigenvalue weighted by molar-refractivity contribution is 6.01. The lowest BCUT2D eigenvalue weighted by molar-refractivity contribution is -0.197. The molecule has 1 atom stereocenters. The molecule has 2 aliphatic heterocycles. The molecule has 2 amide bonds. The number of carbonyl (C=O) groups is 3. The van der Waals surface area contributed by atoms with Gasteiger partial charge in [-0.3, -0.25) is 9.59 Å². The Morgan fingerprint density at radius 3 is 2.57 bits per heavy atom. The van der Waals surface area contributed by atoms with Gasteiger partial charge in [-0.25, -0.2) is 4.79 Å². The number of phenols is 1. The van der Waals surface area contributed by atoms with E-state index < -0.39 is 23.9 Å². The molecule has 190 valence electrons. The van der Waals surface area contributed by atoms with E-state index in [4.69, 9.17) is 14.3 Å². The molecule has 0 saturated carbocycles. The number of imide groups is 1. The van der Waals surface area contributed by atoms with Crippen LogP contribution >= 0.6 is 0 Å². The number of aliphatic hydroxyl groups is 1. The van der Waals surface area contributed by atoms with Gasteiger partial charge in [0.1, 0.15) is 23.0 Å². The van der Waals surface area contributed by atoms with Crippen molar-refractivity contribution in [2.24, 2.45) is 0 Å². The monoisotopic (exact) mass is 503 g/mol. The van der Waals surface area contributed by atoms with Gasteiger partial charge in [0, 0.05) is 42.0 Å². The molecule has 37 heavy (non-hydrogen) atoms. The zero-order valence-corrected chi connectivity index (χ0v) is 19.9. The molecule has 3 aliphatic rings. The van der Waals surface area contributed by atoms with Crippen LogP contribution in [0.5, 0.6) is 17.2 Å². The summed E-state index contributed by atoms with van der Waals surface area (Å²) in [6.45, 7) is 0.381. The van der Waals surface area contributed by atoms with Gasteiger partial charge in [0.05, 0.1) is 12.7 Å². The molecule has 0 radical (unpaired) electrons. The summed E-state index contributed by atoms with van der Waals surface area (Å²) in [4.78, 5) is 39.7. The van der Waals surface area contributed by atoms with Crippen molar-refractivity contribution in [3.05, 3.63) is 83.2 Å². The van der Waals surface area contributed by atoms with E-state index in [2.05, 4.69) is 0 Å². The highest BCUT2D eigenvalue weighted by Crippen LogP contribution is 2.44. The van der Waals surface area contributed by atoms with Crippen LogP contribution in [-0.4, -0.2) is 45.8 Å². The number of amides is 2. The number of unbranched alkanes of at least 4 members (excludes halogenated alkanes) is 1. The Bertz CT molecular complexity index is 1320. The summed E-state index contributed by atoms with van der Waals surface area (Å²) in [7, 11) is 0. The van der Waals surface area contributed by atoms with Crippen molar-refractivity contribution in [2.75, 3.05) is 6.61 Å². The first kappa shape index (κ1) is 24.3. The molecule has 5 rings (SSSR count). The summed E-state index contributed by atoms with van der Waals surface area (Å²) < 4.78 is 11.7.